The summed E-state index contributed by atoms with van der Waals surface area (Å²) in [6, 6.07) is -2.43. The maximum Gasteiger partial charge on any atom is 0.335 e. The van der Waals surface area contributed by atoms with Crippen LogP contribution in [0, 0.1) is 0 Å². The van der Waals surface area contributed by atoms with Crippen LogP contribution >= 0.6 is 0 Å². The van der Waals surface area contributed by atoms with Gasteiger partial charge in [-0.15, -0.1) is 0 Å². The third-order valence-corrected chi connectivity index (χ3v) is 5.07. The lowest BCUT2D eigenvalue weighted by atomic mass is 10.1. The average Bonchev–Trinajstić information content (AvgIpc) is 3.17. The van der Waals surface area contributed by atoms with Crippen LogP contribution in [0.25, 0.3) is 11.2 Å². The number of amides is 1. The second kappa shape index (κ2) is 7.75. The minimum Gasteiger partial charge on any atom is -0.479 e. The van der Waals surface area contributed by atoms with Gasteiger partial charge in [0.2, 0.25) is 5.91 Å². The molecule has 7 N–H and O–H groups in total. The van der Waals surface area contributed by atoms with E-state index in [0.29, 0.717) is 0 Å². The Balaban J connectivity index is 1.87. The molecular formula is C14H19N7O6S. The van der Waals surface area contributed by atoms with Crippen LogP contribution < -0.4 is 16.8 Å². The molecule has 6 atom stereocenters. The second-order valence-corrected chi connectivity index (χ2v) is 7.72. The molecule has 0 radical (unpaired) electrons. The molecule has 0 spiro atoms. The summed E-state index contributed by atoms with van der Waals surface area (Å²) in [5.41, 5.74) is 11.9. The monoisotopic (exact) mass is 413 g/mol. The lowest BCUT2D eigenvalue weighted by Crippen LogP contribution is -2.55. The summed E-state index contributed by atoms with van der Waals surface area (Å²) in [5, 5.41) is 22.5. The van der Waals surface area contributed by atoms with Crippen LogP contribution in [0.4, 0.5) is 5.82 Å². The van der Waals surface area contributed by atoms with E-state index < -0.39 is 53.2 Å². The Bertz CT molecular complexity index is 936. The second-order valence-electron chi connectivity index (χ2n) is 6.24. The van der Waals surface area contributed by atoms with E-state index in [2.05, 4.69) is 20.3 Å². The molecule has 13 nitrogen and oxygen atoms in total. The Labute approximate surface area is 160 Å². The number of anilines is 1. The van der Waals surface area contributed by atoms with E-state index in [-0.39, 0.29) is 22.7 Å². The molecule has 1 amide bonds. The highest BCUT2D eigenvalue weighted by molar-refractivity contribution is 7.84. The normalized spacial score (nSPS) is 26.8. The molecule has 1 aliphatic rings. The summed E-state index contributed by atoms with van der Waals surface area (Å²) in [5.74, 6) is -2.15. The highest BCUT2D eigenvalue weighted by Crippen LogP contribution is 2.32. The van der Waals surface area contributed by atoms with Gasteiger partial charge in [0.1, 0.15) is 17.9 Å². The maximum atomic E-state index is 12.2. The molecule has 0 saturated carbocycles. The van der Waals surface area contributed by atoms with Crippen LogP contribution in [-0.2, 0) is 25.1 Å². The number of imidazole rings is 1. The average molecular weight is 413 g/mol. The van der Waals surface area contributed by atoms with Gasteiger partial charge in [-0.2, -0.15) is 0 Å². The first kappa shape index (κ1) is 20.1. The number of nitrogens with one attached hydrogen (secondary N) is 1. The number of hydrogen-bond donors (Lipinski definition) is 5. The molecule has 2 aromatic heterocycles. The zero-order valence-corrected chi connectivity index (χ0v) is 15.4. The number of hydrogen-bond acceptors (Lipinski definition) is 10. The lowest BCUT2D eigenvalue weighted by molar-refractivity contribution is -0.152. The number of aliphatic carboxylic acids is 1. The summed E-state index contributed by atoms with van der Waals surface area (Å²) >= 11 is 0. The first-order valence-corrected chi connectivity index (χ1v) is 9.78. The molecule has 1 saturated heterocycles. The molecule has 2 aromatic rings. The van der Waals surface area contributed by atoms with E-state index in [1.807, 2.05) is 0 Å². The van der Waals surface area contributed by atoms with Gasteiger partial charge in [0.05, 0.1) is 18.4 Å². The zero-order valence-electron chi connectivity index (χ0n) is 14.6. The molecule has 28 heavy (non-hydrogen) atoms. The van der Waals surface area contributed by atoms with Crippen LogP contribution in [0.2, 0.25) is 0 Å². The molecule has 1 fully saturated rings. The molecule has 14 heteroatoms. The van der Waals surface area contributed by atoms with Crippen molar-refractivity contribution >= 4 is 39.7 Å². The van der Waals surface area contributed by atoms with Gasteiger partial charge in [-0.05, 0) is 0 Å². The number of carbonyl (C=O) groups is 2. The van der Waals surface area contributed by atoms with Gasteiger partial charge in [-0.3, -0.25) is 13.6 Å². The van der Waals surface area contributed by atoms with Gasteiger partial charge < -0.3 is 31.7 Å². The van der Waals surface area contributed by atoms with Crippen LogP contribution in [0.3, 0.4) is 0 Å². The fourth-order valence-corrected chi connectivity index (χ4v) is 3.59. The number of carboxylic acid groups (broad SMARTS) is 1. The smallest absolute Gasteiger partial charge is 0.335 e. The number of nitrogen functional groups attached to an aromatic ring is 1. The predicted molar refractivity (Wildman–Crippen MR) is 96.1 cm³/mol. The van der Waals surface area contributed by atoms with Crippen LogP contribution in [-0.4, -0.2) is 82.1 Å². The molecule has 0 bridgehead atoms. The van der Waals surface area contributed by atoms with Gasteiger partial charge in [0, 0.05) is 22.8 Å². The summed E-state index contributed by atoms with van der Waals surface area (Å²) in [6.45, 7) is 0. The van der Waals surface area contributed by atoms with Crippen molar-refractivity contribution in [3.63, 3.8) is 0 Å². The van der Waals surface area contributed by atoms with Gasteiger partial charge in [-0.1, -0.05) is 0 Å². The van der Waals surface area contributed by atoms with Gasteiger partial charge >= 0.3 is 5.97 Å². The van der Waals surface area contributed by atoms with Gasteiger partial charge in [-0.25, -0.2) is 19.7 Å². The van der Waals surface area contributed by atoms with Gasteiger partial charge in [0.25, 0.3) is 0 Å². The van der Waals surface area contributed by atoms with Crippen molar-refractivity contribution in [1.29, 1.82) is 0 Å². The summed E-state index contributed by atoms with van der Waals surface area (Å²) in [6.07, 6.45) is -0.373. The third kappa shape index (κ3) is 3.66. The van der Waals surface area contributed by atoms with Crippen molar-refractivity contribution in [1.82, 2.24) is 24.8 Å². The van der Waals surface area contributed by atoms with E-state index >= 15 is 0 Å². The van der Waals surface area contributed by atoms with E-state index in [4.69, 9.17) is 16.2 Å². The molecule has 0 aromatic carbocycles. The number of rotatable bonds is 6. The molecule has 3 rings (SSSR count). The molecule has 0 aliphatic carbocycles. The third-order valence-electron chi connectivity index (χ3n) is 4.24. The first-order valence-electron chi connectivity index (χ1n) is 8.06. The topological polar surface area (TPSA) is 209 Å². The lowest BCUT2D eigenvalue weighted by Gasteiger charge is -2.21. The van der Waals surface area contributed by atoms with Crippen LogP contribution in [0.15, 0.2) is 12.7 Å². The number of carboxylic acids is 1. The first-order chi connectivity index (χ1) is 13.2. The largest absolute Gasteiger partial charge is 0.479 e. The van der Waals surface area contributed by atoms with Crippen molar-refractivity contribution < 1.29 is 28.7 Å². The minimum atomic E-state index is -1.56. The van der Waals surface area contributed by atoms with E-state index in [9.17, 15) is 24.0 Å². The molecule has 3 heterocycles. The van der Waals surface area contributed by atoms with Gasteiger partial charge in [0.15, 0.2) is 23.8 Å². The Morgan fingerprint density at radius 2 is 2.14 bits per heavy atom. The van der Waals surface area contributed by atoms with Crippen molar-refractivity contribution in [2.24, 2.45) is 5.73 Å². The fraction of sp³-hybridized carbons (Fsp3) is 0.500. The Morgan fingerprint density at radius 3 is 2.79 bits per heavy atom. The number of aromatic nitrogens is 4. The van der Waals surface area contributed by atoms with E-state index in [1.165, 1.54) is 23.5 Å². The van der Waals surface area contributed by atoms with E-state index in [0.717, 1.165) is 0 Å². The van der Waals surface area contributed by atoms with Crippen molar-refractivity contribution in [3.05, 3.63) is 12.7 Å². The Kier molecular flexibility index (Phi) is 5.55. The summed E-state index contributed by atoms with van der Waals surface area (Å²) in [4.78, 5) is 35.7. The van der Waals surface area contributed by atoms with Crippen LogP contribution in [0.1, 0.15) is 6.23 Å². The Morgan fingerprint density at radius 1 is 1.43 bits per heavy atom. The van der Waals surface area contributed by atoms with Crippen molar-refractivity contribution in [3.8, 4) is 0 Å². The SMILES string of the molecule is CS(=O)CC(N)C(=O)NC1C(C(=O)O)OC(n2cnc3c(N)ncnc32)C1O. The standard InChI is InChI=1S/C14H19N7O6S/c1-28(26)2-5(15)12(23)20-6-8(22)13(27-9(6)14(24)25)21-4-19-7-10(16)17-3-18-11(7)21/h3-6,8-9,13,22H,2,15H2,1H3,(H,20,23)(H,24,25)(H2,16,17,18). The van der Waals surface area contributed by atoms with Crippen molar-refractivity contribution in [2.75, 3.05) is 17.7 Å². The molecule has 152 valence electrons. The number of aliphatic hydroxyl groups is 1. The van der Waals surface area contributed by atoms with E-state index in [1.54, 1.807) is 0 Å². The number of ether oxygens (including phenoxy) is 1. The molecular weight excluding hydrogens is 394 g/mol. The summed E-state index contributed by atoms with van der Waals surface area (Å²) in [7, 11) is -1.33. The quantitative estimate of drug-likeness (QED) is 0.321. The number of aliphatic hydroxyl groups excluding tert-OH is 1. The zero-order chi connectivity index (χ0) is 20.6. The number of nitrogens with two attached hydrogens (primary N) is 2. The Hall–Kier alpha value is -2.68. The fourth-order valence-electron chi connectivity index (χ4n) is 2.93. The highest BCUT2D eigenvalue weighted by Gasteiger charge is 2.49. The highest BCUT2D eigenvalue weighted by atomic mass is 32.2. The number of nitrogens with zero attached hydrogens (tertiary/aromatic N) is 4. The minimum absolute atomic E-state index is 0.106. The van der Waals surface area contributed by atoms with Crippen LogP contribution in [0.5, 0.6) is 0 Å². The van der Waals surface area contributed by atoms with Crippen molar-refractivity contribution in [2.45, 2.75) is 30.5 Å². The summed E-state index contributed by atoms with van der Waals surface area (Å²) < 4.78 is 18.0. The number of fused-ring (bicyclic) bond motifs is 1. The maximum absolute atomic E-state index is 12.2. The number of carbonyl (C=O) groups excluding carboxylic acids is 1. The molecule has 6 unspecified atom stereocenters. The molecule has 1 aliphatic heterocycles. The predicted octanol–water partition coefficient (Wildman–Crippen LogP) is -3.06.